The molecule has 14 heavy (non-hydrogen) atoms. The average molecular weight is 211 g/mol. The van der Waals surface area contributed by atoms with Crippen LogP contribution in [0, 0.1) is 6.92 Å². The van der Waals surface area contributed by atoms with Crippen molar-refractivity contribution in [2.24, 2.45) is 0 Å². The van der Waals surface area contributed by atoms with Crippen LogP contribution >= 0.6 is 11.6 Å². The fourth-order valence-corrected chi connectivity index (χ4v) is 1.50. The fraction of sp³-hybridized carbons (Fsp3) is 0.417. The second kappa shape index (κ2) is 4.81. The zero-order valence-corrected chi connectivity index (χ0v) is 9.56. The largest absolute Gasteiger partial charge is 0.308 e. The van der Waals surface area contributed by atoms with Crippen molar-refractivity contribution in [2.45, 2.75) is 25.8 Å². The molecule has 1 aromatic rings. The average Bonchev–Trinajstić information content (AvgIpc) is 2.16. The summed E-state index contributed by atoms with van der Waals surface area (Å²) in [6.45, 7) is 9.06. The van der Waals surface area contributed by atoms with Gasteiger partial charge in [0.25, 0.3) is 0 Å². The summed E-state index contributed by atoms with van der Waals surface area (Å²) >= 11 is 5.84. The molecule has 0 heterocycles. The summed E-state index contributed by atoms with van der Waals surface area (Å²) in [5.41, 5.74) is 1.23. The van der Waals surface area contributed by atoms with Gasteiger partial charge in [0.2, 0.25) is 0 Å². The Balaban J connectivity index is 2.75. The predicted octanol–water partition coefficient (Wildman–Crippen LogP) is 3.39. The Morgan fingerprint density at radius 3 is 2.36 bits per heavy atom. The molecule has 0 saturated heterocycles. The van der Waals surface area contributed by atoms with Crippen molar-refractivity contribution in [1.29, 1.82) is 0 Å². The second-order valence-electron chi connectivity index (χ2n) is 3.91. The Bertz CT molecular complexity index is 277. The summed E-state index contributed by atoms with van der Waals surface area (Å²) in [5, 5.41) is 4.22. The van der Waals surface area contributed by atoms with Gasteiger partial charge < -0.3 is 5.32 Å². The quantitative estimate of drug-likeness (QED) is 0.804. The van der Waals surface area contributed by atoms with Crippen LogP contribution in [0.5, 0.6) is 0 Å². The highest BCUT2D eigenvalue weighted by atomic mass is 35.5. The molecule has 0 saturated carbocycles. The summed E-state index contributed by atoms with van der Waals surface area (Å²) in [6.07, 6.45) is 0.900. The van der Waals surface area contributed by atoms with Gasteiger partial charge in [-0.25, -0.2) is 0 Å². The van der Waals surface area contributed by atoms with Crippen LogP contribution in [-0.2, 0) is 5.54 Å². The SMILES string of the molecule is [CH2]CCNC(C)(C)c1ccc(Cl)cc1. The van der Waals surface area contributed by atoms with Gasteiger partial charge in [0.15, 0.2) is 0 Å². The second-order valence-corrected chi connectivity index (χ2v) is 4.35. The lowest BCUT2D eigenvalue weighted by molar-refractivity contribution is 0.408. The van der Waals surface area contributed by atoms with Crippen LogP contribution in [-0.4, -0.2) is 6.54 Å². The fourth-order valence-electron chi connectivity index (χ4n) is 1.37. The van der Waals surface area contributed by atoms with Crippen molar-refractivity contribution in [3.8, 4) is 0 Å². The van der Waals surface area contributed by atoms with Crippen molar-refractivity contribution >= 4 is 11.6 Å². The minimum Gasteiger partial charge on any atom is -0.308 e. The van der Waals surface area contributed by atoms with E-state index in [0.717, 1.165) is 18.0 Å². The van der Waals surface area contributed by atoms with E-state index in [9.17, 15) is 0 Å². The first-order valence-electron chi connectivity index (χ1n) is 4.86. The Morgan fingerprint density at radius 2 is 1.86 bits per heavy atom. The van der Waals surface area contributed by atoms with Gasteiger partial charge in [0.05, 0.1) is 0 Å². The molecule has 0 aliphatic heterocycles. The van der Waals surface area contributed by atoms with Gasteiger partial charge in [-0.15, -0.1) is 0 Å². The highest BCUT2D eigenvalue weighted by molar-refractivity contribution is 6.30. The van der Waals surface area contributed by atoms with Crippen LogP contribution in [0.25, 0.3) is 0 Å². The molecular formula is C12H17ClN. The van der Waals surface area contributed by atoms with Crippen molar-refractivity contribution in [3.63, 3.8) is 0 Å². The van der Waals surface area contributed by atoms with Crippen molar-refractivity contribution in [2.75, 3.05) is 6.54 Å². The van der Waals surface area contributed by atoms with E-state index in [4.69, 9.17) is 11.6 Å². The molecule has 0 aliphatic rings. The molecule has 0 aromatic heterocycles. The van der Waals surface area contributed by atoms with Gasteiger partial charge in [0.1, 0.15) is 0 Å². The first kappa shape index (κ1) is 11.5. The van der Waals surface area contributed by atoms with E-state index in [-0.39, 0.29) is 5.54 Å². The summed E-state index contributed by atoms with van der Waals surface area (Å²) < 4.78 is 0. The summed E-state index contributed by atoms with van der Waals surface area (Å²) in [6, 6.07) is 7.95. The van der Waals surface area contributed by atoms with E-state index in [1.807, 2.05) is 12.1 Å². The molecule has 0 aliphatic carbocycles. The minimum absolute atomic E-state index is 0.0116. The molecule has 1 N–H and O–H groups in total. The third kappa shape index (κ3) is 3.00. The van der Waals surface area contributed by atoms with E-state index in [0.29, 0.717) is 0 Å². The van der Waals surface area contributed by atoms with Gasteiger partial charge >= 0.3 is 0 Å². The summed E-state index contributed by atoms with van der Waals surface area (Å²) in [5.74, 6) is 0. The van der Waals surface area contributed by atoms with Gasteiger partial charge in [-0.1, -0.05) is 30.7 Å². The normalized spacial score (nSPS) is 11.7. The molecule has 0 atom stereocenters. The highest BCUT2D eigenvalue weighted by Crippen LogP contribution is 2.21. The zero-order chi connectivity index (χ0) is 10.6. The van der Waals surface area contributed by atoms with Gasteiger partial charge in [-0.2, -0.15) is 0 Å². The van der Waals surface area contributed by atoms with E-state index in [1.54, 1.807) is 0 Å². The molecule has 2 heteroatoms. The zero-order valence-electron chi connectivity index (χ0n) is 8.81. The van der Waals surface area contributed by atoms with Crippen LogP contribution in [0.15, 0.2) is 24.3 Å². The predicted molar refractivity (Wildman–Crippen MR) is 62.5 cm³/mol. The molecule has 0 bridgehead atoms. The third-order valence-corrected chi connectivity index (χ3v) is 2.56. The number of hydrogen-bond acceptors (Lipinski definition) is 1. The number of rotatable bonds is 4. The molecule has 1 radical (unpaired) electrons. The van der Waals surface area contributed by atoms with Gasteiger partial charge in [-0.3, -0.25) is 0 Å². The molecule has 0 amide bonds. The molecule has 1 rings (SSSR count). The molecular weight excluding hydrogens is 194 g/mol. The summed E-state index contributed by atoms with van der Waals surface area (Å²) in [4.78, 5) is 0. The van der Waals surface area contributed by atoms with Crippen molar-refractivity contribution < 1.29 is 0 Å². The monoisotopic (exact) mass is 210 g/mol. The first-order chi connectivity index (χ1) is 6.56. The van der Waals surface area contributed by atoms with Crippen LogP contribution in [0.1, 0.15) is 25.8 Å². The molecule has 0 unspecified atom stereocenters. The lowest BCUT2D eigenvalue weighted by Gasteiger charge is -2.26. The summed E-state index contributed by atoms with van der Waals surface area (Å²) in [7, 11) is 0. The van der Waals surface area contributed by atoms with E-state index < -0.39 is 0 Å². The number of benzene rings is 1. The molecule has 77 valence electrons. The van der Waals surface area contributed by atoms with Gasteiger partial charge in [0, 0.05) is 10.6 Å². The van der Waals surface area contributed by atoms with Gasteiger partial charge in [-0.05, 0) is 44.5 Å². The third-order valence-electron chi connectivity index (χ3n) is 2.31. The minimum atomic E-state index is -0.0116. The standard InChI is InChI=1S/C12H17ClN/c1-4-9-14-12(2,3)10-5-7-11(13)8-6-10/h5-8,14H,1,4,9H2,2-3H3. The molecule has 0 spiro atoms. The number of nitrogens with one attached hydrogen (secondary N) is 1. The Labute approximate surface area is 91.5 Å². The van der Waals surface area contributed by atoms with Crippen molar-refractivity contribution in [1.82, 2.24) is 5.32 Å². The van der Waals surface area contributed by atoms with E-state index in [1.165, 1.54) is 5.56 Å². The van der Waals surface area contributed by atoms with Crippen LogP contribution < -0.4 is 5.32 Å². The first-order valence-corrected chi connectivity index (χ1v) is 5.24. The smallest absolute Gasteiger partial charge is 0.0406 e. The maximum atomic E-state index is 5.84. The molecule has 0 fully saturated rings. The Hall–Kier alpha value is -0.530. The Kier molecular flexibility index (Phi) is 3.97. The van der Waals surface area contributed by atoms with Crippen LogP contribution in [0.2, 0.25) is 5.02 Å². The van der Waals surface area contributed by atoms with Crippen LogP contribution in [0.4, 0.5) is 0 Å². The van der Waals surface area contributed by atoms with Crippen LogP contribution in [0.3, 0.4) is 0 Å². The topological polar surface area (TPSA) is 12.0 Å². The maximum Gasteiger partial charge on any atom is 0.0406 e. The highest BCUT2D eigenvalue weighted by Gasteiger charge is 2.18. The lowest BCUT2D eigenvalue weighted by Crippen LogP contribution is -2.36. The maximum absolute atomic E-state index is 5.84. The molecule has 1 aromatic carbocycles. The Morgan fingerprint density at radius 1 is 1.29 bits per heavy atom. The van der Waals surface area contributed by atoms with E-state index >= 15 is 0 Å². The van der Waals surface area contributed by atoms with E-state index in [2.05, 4.69) is 38.2 Å². The number of halogens is 1. The molecule has 1 nitrogen and oxygen atoms in total. The lowest BCUT2D eigenvalue weighted by atomic mass is 9.94. The van der Waals surface area contributed by atoms with Crippen molar-refractivity contribution in [3.05, 3.63) is 41.8 Å². The number of hydrogen-bond donors (Lipinski definition) is 1.